The van der Waals surface area contributed by atoms with Crippen molar-refractivity contribution < 1.29 is 14.3 Å². The minimum Gasteiger partial charge on any atom is -0.479 e. The Balaban J connectivity index is 2.85. The molecule has 0 radical (unpaired) electrons. The SMILES string of the molecule is O=C(O)C(F)Cc1cc(Cl)ccc1Cl. The Morgan fingerprint density at radius 3 is 2.71 bits per heavy atom. The summed E-state index contributed by atoms with van der Waals surface area (Å²) in [6, 6.07) is 4.52. The van der Waals surface area contributed by atoms with E-state index in [1.807, 2.05) is 0 Å². The second-order valence-corrected chi connectivity index (χ2v) is 3.59. The van der Waals surface area contributed by atoms with Crippen LogP contribution in [0.15, 0.2) is 18.2 Å². The van der Waals surface area contributed by atoms with Gasteiger partial charge in [-0.15, -0.1) is 0 Å². The summed E-state index contributed by atoms with van der Waals surface area (Å²) in [6.45, 7) is 0. The van der Waals surface area contributed by atoms with Gasteiger partial charge in [0.2, 0.25) is 6.17 Å². The number of halogens is 3. The van der Waals surface area contributed by atoms with E-state index in [0.29, 0.717) is 15.6 Å². The van der Waals surface area contributed by atoms with Crippen LogP contribution in [-0.4, -0.2) is 17.2 Å². The normalized spacial score (nSPS) is 12.5. The molecule has 1 atom stereocenters. The van der Waals surface area contributed by atoms with E-state index in [1.165, 1.54) is 12.1 Å². The second-order valence-electron chi connectivity index (χ2n) is 2.75. The van der Waals surface area contributed by atoms with Gasteiger partial charge in [-0.25, -0.2) is 9.18 Å². The predicted molar refractivity (Wildman–Crippen MR) is 52.7 cm³/mol. The largest absolute Gasteiger partial charge is 0.479 e. The van der Waals surface area contributed by atoms with Gasteiger partial charge in [0.15, 0.2) is 0 Å². The molecule has 0 heterocycles. The fraction of sp³-hybridized carbons (Fsp3) is 0.222. The van der Waals surface area contributed by atoms with E-state index in [9.17, 15) is 9.18 Å². The standard InChI is InChI=1S/C9H7Cl2FO2/c10-6-1-2-7(11)5(3-6)4-8(12)9(13)14/h1-3,8H,4H2,(H,13,14). The molecule has 2 nitrogen and oxygen atoms in total. The Bertz CT molecular complexity index is 355. The fourth-order valence-electron chi connectivity index (χ4n) is 0.980. The first-order chi connectivity index (χ1) is 6.50. The number of aliphatic carboxylic acids is 1. The van der Waals surface area contributed by atoms with Crippen molar-refractivity contribution in [3.05, 3.63) is 33.8 Å². The van der Waals surface area contributed by atoms with Gasteiger partial charge >= 0.3 is 5.97 Å². The van der Waals surface area contributed by atoms with Gasteiger partial charge in [-0.1, -0.05) is 23.2 Å². The highest BCUT2D eigenvalue weighted by molar-refractivity contribution is 6.33. The number of benzene rings is 1. The van der Waals surface area contributed by atoms with Crippen molar-refractivity contribution in [1.82, 2.24) is 0 Å². The second kappa shape index (κ2) is 4.62. The molecule has 0 amide bonds. The number of carboxylic acid groups (broad SMARTS) is 1. The predicted octanol–water partition coefficient (Wildman–Crippen LogP) is 2.96. The van der Waals surface area contributed by atoms with Gasteiger partial charge in [0.25, 0.3) is 0 Å². The monoisotopic (exact) mass is 236 g/mol. The zero-order chi connectivity index (χ0) is 10.7. The van der Waals surface area contributed by atoms with E-state index >= 15 is 0 Å². The summed E-state index contributed by atoms with van der Waals surface area (Å²) >= 11 is 11.4. The van der Waals surface area contributed by atoms with Gasteiger partial charge in [-0.2, -0.15) is 0 Å². The molecule has 1 aromatic rings. The van der Waals surface area contributed by atoms with Crippen LogP contribution in [0, 0.1) is 0 Å². The smallest absolute Gasteiger partial charge is 0.338 e. The average Bonchev–Trinajstić information content (AvgIpc) is 2.11. The molecule has 5 heteroatoms. The third-order valence-corrected chi connectivity index (χ3v) is 2.28. The van der Waals surface area contributed by atoms with Crippen molar-refractivity contribution >= 4 is 29.2 Å². The molecule has 0 fully saturated rings. The van der Waals surface area contributed by atoms with Crippen molar-refractivity contribution in [2.75, 3.05) is 0 Å². The van der Waals surface area contributed by atoms with Gasteiger partial charge in [-0.05, 0) is 23.8 Å². The fourth-order valence-corrected chi connectivity index (χ4v) is 1.37. The molecule has 0 saturated heterocycles. The molecule has 0 bridgehead atoms. The van der Waals surface area contributed by atoms with E-state index in [0.717, 1.165) is 0 Å². The molecule has 0 spiro atoms. The molecule has 0 aliphatic heterocycles. The summed E-state index contributed by atoms with van der Waals surface area (Å²) in [5.41, 5.74) is 0.397. The van der Waals surface area contributed by atoms with Crippen LogP contribution in [0.1, 0.15) is 5.56 Å². The lowest BCUT2D eigenvalue weighted by Gasteiger charge is -2.05. The van der Waals surface area contributed by atoms with E-state index in [4.69, 9.17) is 28.3 Å². The molecule has 0 aliphatic rings. The number of carboxylic acids is 1. The van der Waals surface area contributed by atoms with Gasteiger partial charge < -0.3 is 5.11 Å². The molecule has 1 unspecified atom stereocenters. The lowest BCUT2D eigenvalue weighted by Crippen LogP contribution is -2.17. The highest BCUT2D eigenvalue weighted by Gasteiger charge is 2.17. The quantitative estimate of drug-likeness (QED) is 0.877. The van der Waals surface area contributed by atoms with Crippen molar-refractivity contribution in [3.63, 3.8) is 0 Å². The molecular formula is C9H7Cl2FO2. The van der Waals surface area contributed by atoms with Crippen LogP contribution in [0.3, 0.4) is 0 Å². The topological polar surface area (TPSA) is 37.3 Å². The minimum absolute atomic E-state index is 0.269. The number of alkyl halides is 1. The summed E-state index contributed by atoms with van der Waals surface area (Å²) in [7, 11) is 0. The van der Waals surface area contributed by atoms with Crippen LogP contribution < -0.4 is 0 Å². The van der Waals surface area contributed by atoms with Gasteiger partial charge in [-0.3, -0.25) is 0 Å². The molecular weight excluding hydrogens is 230 g/mol. The highest BCUT2D eigenvalue weighted by Crippen LogP contribution is 2.22. The van der Waals surface area contributed by atoms with Crippen LogP contribution in [0.2, 0.25) is 10.0 Å². The maximum atomic E-state index is 12.8. The van der Waals surface area contributed by atoms with Gasteiger partial charge in [0, 0.05) is 16.5 Å². The molecule has 76 valence electrons. The first kappa shape index (κ1) is 11.3. The third kappa shape index (κ3) is 2.86. The Morgan fingerprint density at radius 2 is 2.14 bits per heavy atom. The van der Waals surface area contributed by atoms with Crippen molar-refractivity contribution in [3.8, 4) is 0 Å². The molecule has 0 aromatic heterocycles. The molecule has 1 rings (SSSR count). The van der Waals surface area contributed by atoms with E-state index in [-0.39, 0.29) is 6.42 Å². The summed E-state index contributed by atoms with van der Waals surface area (Å²) in [6.07, 6.45) is -2.22. The van der Waals surface area contributed by atoms with E-state index in [1.54, 1.807) is 6.07 Å². The van der Waals surface area contributed by atoms with Crippen LogP contribution in [-0.2, 0) is 11.2 Å². The Hall–Kier alpha value is -0.800. The van der Waals surface area contributed by atoms with Crippen molar-refractivity contribution in [2.45, 2.75) is 12.6 Å². The van der Waals surface area contributed by atoms with E-state index in [2.05, 4.69) is 0 Å². The Labute approximate surface area is 90.3 Å². The maximum Gasteiger partial charge on any atom is 0.338 e. The summed E-state index contributed by atoms with van der Waals surface area (Å²) in [5, 5.41) is 9.07. The average molecular weight is 237 g/mol. The lowest BCUT2D eigenvalue weighted by molar-refractivity contribution is -0.142. The third-order valence-electron chi connectivity index (χ3n) is 1.67. The number of rotatable bonds is 3. The molecule has 0 aliphatic carbocycles. The summed E-state index contributed by atoms with van der Waals surface area (Å²) in [5.74, 6) is -1.50. The zero-order valence-electron chi connectivity index (χ0n) is 7.01. The molecule has 1 aromatic carbocycles. The maximum absolute atomic E-state index is 12.8. The summed E-state index contributed by atoms with van der Waals surface area (Å²) in [4.78, 5) is 10.2. The van der Waals surface area contributed by atoms with Crippen molar-refractivity contribution in [1.29, 1.82) is 0 Å². The lowest BCUT2D eigenvalue weighted by atomic mass is 10.1. The van der Waals surface area contributed by atoms with Crippen LogP contribution in [0.5, 0.6) is 0 Å². The zero-order valence-corrected chi connectivity index (χ0v) is 8.52. The molecule has 1 N–H and O–H groups in total. The number of hydrogen-bond acceptors (Lipinski definition) is 1. The Kier molecular flexibility index (Phi) is 3.72. The first-order valence-electron chi connectivity index (χ1n) is 3.81. The molecule has 14 heavy (non-hydrogen) atoms. The molecule has 0 saturated carbocycles. The van der Waals surface area contributed by atoms with Crippen LogP contribution in [0.4, 0.5) is 4.39 Å². The van der Waals surface area contributed by atoms with E-state index < -0.39 is 12.1 Å². The Morgan fingerprint density at radius 1 is 1.50 bits per heavy atom. The minimum atomic E-state index is -1.95. The summed E-state index contributed by atoms with van der Waals surface area (Å²) < 4.78 is 12.8. The van der Waals surface area contributed by atoms with Gasteiger partial charge in [0.05, 0.1) is 0 Å². The first-order valence-corrected chi connectivity index (χ1v) is 4.57. The number of carbonyl (C=O) groups is 1. The van der Waals surface area contributed by atoms with Crippen molar-refractivity contribution in [2.24, 2.45) is 0 Å². The highest BCUT2D eigenvalue weighted by atomic mass is 35.5. The van der Waals surface area contributed by atoms with Gasteiger partial charge in [0.1, 0.15) is 0 Å². The number of hydrogen-bond donors (Lipinski definition) is 1. The van der Waals surface area contributed by atoms with Crippen LogP contribution in [0.25, 0.3) is 0 Å². The van der Waals surface area contributed by atoms with Crippen LogP contribution >= 0.6 is 23.2 Å².